The number of nitrogens with zero attached hydrogens (tertiary/aromatic N) is 2. The van der Waals surface area contributed by atoms with Crippen LogP contribution in [0.3, 0.4) is 0 Å². The molecule has 0 saturated heterocycles. The molecule has 1 heterocycles. The Morgan fingerprint density at radius 2 is 2.40 bits per heavy atom. The van der Waals surface area contributed by atoms with Crippen molar-refractivity contribution in [3.63, 3.8) is 0 Å². The summed E-state index contributed by atoms with van der Waals surface area (Å²) >= 11 is 0. The number of nitrogens with one attached hydrogen (secondary N) is 1. The number of methoxy groups -OCH3 is 1. The molecule has 0 saturated carbocycles. The van der Waals surface area contributed by atoms with Gasteiger partial charge in [0.15, 0.2) is 0 Å². The van der Waals surface area contributed by atoms with Gasteiger partial charge in [0.05, 0.1) is 7.11 Å². The van der Waals surface area contributed by atoms with E-state index in [1.165, 1.54) is 17.5 Å². The van der Waals surface area contributed by atoms with Gasteiger partial charge in [-0.1, -0.05) is 6.07 Å². The van der Waals surface area contributed by atoms with Gasteiger partial charge in [-0.05, 0) is 55.1 Å². The summed E-state index contributed by atoms with van der Waals surface area (Å²) < 4.78 is 7.30. The molecule has 20 heavy (non-hydrogen) atoms. The van der Waals surface area contributed by atoms with Gasteiger partial charge in [-0.15, -0.1) is 0 Å². The Morgan fingerprint density at radius 1 is 1.45 bits per heavy atom. The van der Waals surface area contributed by atoms with E-state index in [1.807, 2.05) is 23.1 Å². The van der Waals surface area contributed by atoms with E-state index in [2.05, 4.69) is 28.6 Å². The van der Waals surface area contributed by atoms with Gasteiger partial charge in [0.2, 0.25) is 0 Å². The lowest BCUT2D eigenvalue weighted by Gasteiger charge is -2.14. The highest BCUT2D eigenvalue weighted by atomic mass is 16.5. The van der Waals surface area contributed by atoms with Crippen molar-refractivity contribution in [2.24, 2.45) is 0 Å². The number of aromatic nitrogens is 2. The van der Waals surface area contributed by atoms with Gasteiger partial charge in [0.25, 0.3) is 0 Å². The zero-order valence-corrected chi connectivity index (χ0v) is 11.9. The molecular weight excluding hydrogens is 250 g/mol. The van der Waals surface area contributed by atoms with Crippen molar-refractivity contribution >= 4 is 0 Å². The lowest BCUT2D eigenvalue weighted by molar-refractivity contribution is 0.413. The van der Waals surface area contributed by atoms with Crippen LogP contribution in [-0.2, 0) is 13.0 Å². The molecule has 1 atom stereocenters. The molecular formula is C16H21N3O. The third kappa shape index (κ3) is 2.85. The van der Waals surface area contributed by atoms with Crippen LogP contribution in [0.15, 0.2) is 36.7 Å². The van der Waals surface area contributed by atoms with E-state index < -0.39 is 0 Å². The lowest BCUT2D eigenvalue weighted by Crippen LogP contribution is -2.21. The second-order valence-electron chi connectivity index (χ2n) is 5.23. The van der Waals surface area contributed by atoms with Crippen LogP contribution in [0, 0.1) is 0 Å². The Kier molecular flexibility index (Phi) is 4.02. The number of hydrogen-bond donors (Lipinski definition) is 1. The fraction of sp³-hybridized carbons (Fsp3) is 0.438. The van der Waals surface area contributed by atoms with Gasteiger partial charge in [0.1, 0.15) is 5.75 Å². The minimum atomic E-state index is 0.470. The van der Waals surface area contributed by atoms with Crippen molar-refractivity contribution in [3.8, 4) is 5.75 Å². The summed E-state index contributed by atoms with van der Waals surface area (Å²) in [6.45, 7) is 1.98. The van der Waals surface area contributed by atoms with Crippen molar-refractivity contribution in [2.75, 3.05) is 13.7 Å². The highest BCUT2D eigenvalue weighted by Gasteiger charge is 2.22. The first-order chi connectivity index (χ1) is 9.86. The topological polar surface area (TPSA) is 39.1 Å². The molecule has 3 rings (SSSR count). The SMILES string of the molecule is COc1ccc2c(c1)C(NCCCn1cccn1)CC2. The van der Waals surface area contributed by atoms with E-state index in [0.717, 1.165) is 31.7 Å². The standard InChI is InChI=1S/C16H21N3O/c1-20-14-6-4-13-5-7-16(15(13)12-14)17-8-2-10-19-11-3-9-18-19/h3-4,6,9,11-12,16-17H,2,5,7-8,10H2,1H3. The first-order valence-electron chi connectivity index (χ1n) is 7.24. The van der Waals surface area contributed by atoms with E-state index in [1.54, 1.807) is 7.11 Å². The molecule has 2 aromatic rings. The number of rotatable bonds is 6. The molecule has 1 aromatic heterocycles. The van der Waals surface area contributed by atoms with Crippen LogP contribution < -0.4 is 10.1 Å². The first kappa shape index (κ1) is 13.2. The number of hydrogen-bond acceptors (Lipinski definition) is 3. The van der Waals surface area contributed by atoms with Crippen molar-refractivity contribution in [1.82, 2.24) is 15.1 Å². The maximum absolute atomic E-state index is 5.32. The van der Waals surface area contributed by atoms with Crippen molar-refractivity contribution < 1.29 is 4.74 Å². The number of benzene rings is 1. The summed E-state index contributed by atoms with van der Waals surface area (Å²) in [5, 5.41) is 7.87. The zero-order chi connectivity index (χ0) is 13.8. The molecule has 1 aliphatic carbocycles. The fourth-order valence-corrected chi connectivity index (χ4v) is 2.87. The molecule has 0 aliphatic heterocycles. The van der Waals surface area contributed by atoms with Crippen LogP contribution in [0.5, 0.6) is 5.75 Å². The molecule has 0 radical (unpaired) electrons. The average molecular weight is 271 g/mol. The van der Waals surface area contributed by atoms with Gasteiger partial charge >= 0.3 is 0 Å². The van der Waals surface area contributed by atoms with Crippen LogP contribution in [0.2, 0.25) is 0 Å². The van der Waals surface area contributed by atoms with Crippen LogP contribution in [0.25, 0.3) is 0 Å². The summed E-state index contributed by atoms with van der Waals surface area (Å²) in [5.41, 5.74) is 2.86. The largest absolute Gasteiger partial charge is 0.497 e. The van der Waals surface area contributed by atoms with Crippen LogP contribution in [0.4, 0.5) is 0 Å². The molecule has 0 spiro atoms. The van der Waals surface area contributed by atoms with E-state index in [4.69, 9.17) is 4.74 Å². The van der Waals surface area contributed by atoms with Gasteiger partial charge in [-0.2, -0.15) is 5.10 Å². The van der Waals surface area contributed by atoms with E-state index in [0.29, 0.717) is 6.04 Å². The van der Waals surface area contributed by atoms with Gasteiger partial charge in [-0.25, -0.2) is 0 Å². The molecule has 1 aromatic carbocycles. The minimum Gasteiger partial charge on any atom is -0.497 e. The monoisotopic (exact) mass is 271 g/mol. The summed E-state index contributed by atoms with van der Waals surface area (Å²) in [7, 11) is 1.73. The molecule has 1 aliphatic rings. The molecule has 4 heteroatoms. The fourth-order valence-electron chi connectivity index (χ4n) is 2.87. The summed E-state index contributed by atoms with van der Waals surface area (Å²) in [6.07, 6.45) is 7.28. The van der Waals surface area contributed by atoms with Crippen molar-refractivity contribution in [2.45, 2.75) is 31.8 Å². The van der Waals surface area contributed by atoms with Gasteiger partial charge < -0.3 is 10.1 Å². The highest BCUT2D eigenvalue weighted by molar-refractivity contribution is 5.40. The maximum Gasteiger partial charge on any atom is 0.119 e. The van der Waals surface area contributed by atoms with Crippen molar-refractivity contribution in [1.29, 1.82) is 0 Å². The smallest absolute Gasteiger partial charge is 0.119 e. The van der Waals surface area contributed by atoms with Crippen molar-refractivity contribution in [3.05, 3.63) is 47.8 Å². The number of aryl methyl sites for hydroxylation is 2. The van der Waals surface area contributed by atoms with E-state index >= 15 is 0 Å². The minimum absolute atomic E-state index is 0.470. The van der Waals surface area contributed by atoms with E-state index in [9.17, 15) is 0 Å². The lowest BCUT2D eigenvalue weighted by atomic mass is 10.1. The molecule has 1 unspecified atom stereocenters. The third-order valence-corrected chi connectivity index (χ3v) is 3.94. The quantitative estimate of drug-likeness (QED) is 0.821. The highest BCUT2D eigenvalue weighted by Crippen LogP contribution is 2.33. The molecule has 0 amide bonds. The Hall–Kier alpha value is -1.81. The summed E-state index contributed by atoms with van der Waals surface area (Å²) in [6, 6.07) is 8.86. The van der Waals surface area contributed by atoms with E-state index in [-0.39, 0.29) is 0 Å². The predicted molar refractivity (Wildman–Crippen MR) is 78.9 cm³/mol. The normalized spacial score (nSPS) is 17.1. The zero-order valence-electron chi connectivity index (χ0n) is 11.9. The number of ether oxygens (including phenoxy) is 1. The summed E-state index contributed by atoms with van der Waals surface area (Å²) in [4.78, 5) is 0. The van der Waals surface area contributed by atoms with Crippen LogP contribution in [-0.4, -0.2) is 23.4 Å². The second-order valence-corrected chi connectivity index (χ2v) is 5.23. The number of fused-ring (bicyclic) bond motifs is 1. The molecule has 4 nitrogen and oxygen atoms in total. The average Bonchev–Trinajstić information content (AvgIpc) is 3.13. The Balaban J connectivity index is 1.52. The summed E-state index contributed by atoms with van der Waals surface area (Å²) in [5.74, 6) is 0.953. The Morgan fingerprint density at radius 3 is 3.20 bits per heavy atom. The molecule has 1 N–H and O–H groups in total. The Labute approximate surface area is 119 Å². The molecule has 0 fully saturated rings. The maximum atomic E-state index is 5.32. The first-order valence-corrected chi connectivity index (χ1v) is 7.24. The second kappa shape index (κ2) is 6.09. The third-order valence-electron chi connectivity index (χ3n) is 3.94. The van der Waals surface area contributed by atoms with Crippen LogP contribution in [0.1, 0.15) is 30.0 Å². The molecule has 106 valence electrons. The van der Waals surface area contributed by atoms with Gasteiger partial charge in [-0.3, -0.25) is 4.68 Å². The van der Waals surface area contributed by atoms with Crippen LogP contribution >= 0.6 is 0 Å². The molecule has 0 bridgehead atoms. The van der Waals surface area contributed by atoms with Gasteiger partial charge in [0, 0.05) is 25.0 Å². The Bertz CT molecular complexity index is 551. The predicted octanol–water partition coefficient (Wildman–Crippen LogP) is 2.56.